The number of hydrogen-bond acceptors (Lipinski definition) is 7. The van der Waals surface area contributed by atoms with E-state index in [1.807, 2.05) is 13.0 Å². The number of nitrogens with zero attached hydrogens (tertiary/aromatic N) is 1. The van der Waals surface area contributed by atoms with Crippen molar-refractivity contribution in [1.82, 2.24) is 4.98 Å². The van der Waals surface area contributed by atoms with Gasteiger partial charge in [0, 0.05) is 17.7 Å². The van der Waals surface area contributed by atoms with Crippen LogP contribution in [0.15, 0.2) is 36.4 Å². The lowest BCUT2D eigenvalue weighted by Crippen LogP contribution is -2.25. The fraction of sp³-hybridized carbons (Fsp3) is 0.400. The van der Waals surface area contributed by atoms with E-state index in [-0.39, 0.29) is 35.3 Å². The van der Waals surface area contributed by atoms with E-state index in [2.05, 4.69) is 10.3 Å². The van der Waals surface area contributed by atoms with Crippen LogP contribution in [0.3, 0.4) is 0 Å². The Bertz CT molecular complexity index is 1420. The molecule has 0 unspecified atom stereocenters. The van der Waals surface area contributed by atoms with E-state index in [4.69, 9.17) is 21.1 Å². The standard InChI is InChI=1S/C30H34ClFN2O5S/c1-17-8-10-19(16-24(36)39-30(5,6)7)22(12-17)33-27(37)25-26(31)40-28(34-25)20-13-18(14-21(32)15-20)9-11-23(35)38-29(2,3)4/h8,10,12-15H,9,11,16H2,1-7H3,(H,33,37). The highest BCUT2D eigenvalue weighted by Crippen LogP contribution is 2.33. The molecule has 1 N–H and O–H groups in total. The Morgan fingerprint density at radius 1 is 0.975 bits per heavy atom. The minimum Gasteiger partial charge on any atom is -0.460 e. The van der Waals surface area contributed by atoms with E-state index >= 15 is 0 Å². The zero-order valence-corrected chi connectivity index (χ0v) is 25.3. The zero-order valence-electron chi connectivity index (χ0n) is 23.7. The summed E-state index contributed by atoms with van der Waals surface area (Å²) in [7, 11) is 0. The van der Waals surface area contributed by atoms with Gasteiger partial charge in [0.2, 0.25) is 0 Å². The summed E-state index contributed by atoms with van der Waals surface area (Å²) in [6, 6.07) is 9.71. The number of carbonyl (C=O) groups is 3. The third-order valence-corrected chi connectivity index (χ3v) is 6.61. The fourth-order valence-corrected chi connectivity index (χ4v) is 4.92. The summed E-state index contributed by atoms with van der Waals surface area (Å²) in [5.74, 6) is -1.86. The molecule has 0 fully saturated rings. The molecule has 0 spiro atoms. The molecule has 0 aliphatic rings. The second kappa shape index (κ2) is 12.5. The Morgan fingerprint density at radius 3 is 2.27 bits per heavy atom. The molecule has 214 valence electrons. The normalized spacial score (nSPS) is 11.7. The van der Waals surface area contributed by atoms with Crippen molar-refractivity contribution in [2.75, 3.05) is 5.32 Å². The van der Waals surface area contributed by atoms with Gasteiger partial charge in [-0.25, -0.2) is 9.37 Å². The predicted molar refractivity (Wildman–Crippen MR) is 155 cm³/mol. The maximum absolute atomic E-state index is 14.5. The fourth-order valence-electron chi connectivity index (χ4n) is 3.80. The number of aromatic nitrogens is 1. The van der Waals surface area contributed by atoms with Crippen LogP contribution in [-0.2, 0) is 31.9 Å². The average molecular weight is 589 g/mol. The van der Waals surface area contributed by atoms with Crippen LogP contribution in [0, 0.1) is 12.7 Å². The van der Waals surface area contributed by atoms with E-state index in [1.165, 1.54) is 12.1 Å². The van der Waals surface area contributed by atoms with Gasteiger partial charge in [0.05, 0.1) is 6.42 Å². The summed E-state index contributed by atoms with van der Waals surface area (Å²) in [4.78, 5) is 42.1. The minimum absolute atomic E-state index is 0.0223. The van der Waals surface area contributed by atoms with Gasteiger partial charge < -0.3 is 14.8 Å². The zero-order chi connectivity index (χ0) is 29.8. The Hall–Kier alpha value is -3.30. The number of carbonyl (C=O) groups excluding carboxylic acids is 3. The Labute approximate surface area is 243 Å². The summed E-state index contributed by atoms with van der Waals surface area (Å²) in [5.41, 5.74) is 1.67. The van der Waals surface area contributed by atoms with E-state index in [0.29, 0.717) is 27.4 Å². The van der Waals surface area contributed by atoms with Crippen molar-refractivity contribution in [1.29, 1.82) is 0 Å². The Kier molecular flexibility index (Phi) is 9.74. The summed E-state index contributed by atoms with van der Waals surface area (Å²) < 4.78 is 25.3. The Balaban J connectivity index is 1.79. The number of amides is 1. The van der Waals surface area contributed by atoms with Gasteiger partial charge in [-0.05, 0) is 95.8 Å². The lowest BCUT2D eigenvalue weighted by atomic mass is 10.1. The highest BCUT2D eigenvalue weighted by Gasteiger charge is 2.22. The third-order valence-electron chi connectivity index (χ3n) is 5.31. The molecule has 40 heavy (non-hydrogen) atoms. The molecule has 2 aromatic carbocycles. The number of nitrogens with one attached hydrogen (secondary N) is 1. The maximum atomic E-state index is 14.5. The van der Waals surface area contributed by atoms with Gasteiger partial charge >= 0.3 is 11.9 Å². The second-order valence-corrected chi connectivity index (χ2v) is 13.1. The summed E-state index contributed by atoms with van der Waals surface area (Å²) >= 11 is 7.44. The van der Waals surface area contributed by atoms with Crippen molar-refractivity contribution < 1.29 is 28.2 Å². The average Bonchev–Trinajstić information content (AvgIpc) is 3.18. The van der Waals surface area contributed by atoms with Crippen molar-refractivity contribution >= 4 is 46.5 Å². The largest absolute Gasteiger partial charge is 0.460 e. The van der Waals surface area contributed by atoms with Gasteiger partial charge in [-0.15, -0.1) is 11.3 Å². The van der Waals surface area contributed by atoms with E-state index in [1.54, 1.807) is 59.7 Å². The molecule has 0 bridgehead atoms. The van der Waals surface area contributed by atoms with Gasteiger partial charge in [0.15, 0.2) is 5.69 Å². The van der Waals surface area contributed by atoms with Crippen molar-refractivity contribution in [3.8, 4) is 10.6 Å². The molecular weight excluding hydrogens is 555 g/mol. The molecule has 1 heterocycles. The number of ether oxygens (including phenoxy) is 2. The van der Waals surface area contributed by atoms with E-state index in [9.17, 15) is 18.8 Å². The second-order valence-electron chi connectivity index (χ2n) is 11.5. The molecule has 10 heteroatoms. The van der Waals surface area contributed by atoms with E-state index < -0.39 is 28.9 Å². The molecule has 3 rings (SSSR count). The summed E-state index contributed by atoms with van der Waals surface area (Å²) in [6.07, 6.45) is 0.340. The number of aryl methyl sites for hydroxylation is 2. The molecule has 1 aromatic heterocycles. The molecule has 1 amide bonds. The quantitative estimate of drug-likeness (QED) is 0.277. The predicted octanol–water partition coefficient (Wildman–Crippen LogP) is 7.32. The van der Waals surface area contributed by atoms with Crippen LogP contribution in [0.2, 0.25) is 4.34 Å². The highest BCUT2D eigenvalue weighted by molar-refractivity contribution is 7.19. The van der Waals surface area contributed by atoms with Gasteiger partial charge in [-0.2, -0.15) is 0 Å². The first-order valence-corrected chi connectivity index (χ1v) is 14.0. The van der Waals surface area contributed by atoms with Crippen LogP contribution in [0.1, 0.15) is 75.1 Å². The lowest BCUT2D eigenvalue weighted by molar-refractivity contribution is -0.155. The SMILES string of the molecule is Cc1ccc(CC(=O)OC(C)(C)C)c(NC(=O)c2nc(-c3cc(F)cc(CCC(=O)OC(C)(C)C)c3)sc2Cl)c1. The number of esters is 2. The van der Waals surface area contributed by atoms with E-state index in [0.717, 1.165) is 16.9 Å². The minimum atomic E-state index is -0.637. The van der Waals surface area contributed by atoms with Crippen LogP contribution in [0.5, 0.6) is 0 Å². The first-order valence-electron chi connectivity index (χ1n) is 12.8. The van der Waals surface area contributed by atoms with Gasteiger partial charge in [0.25, 0.3) is 5.91 Å². The van der Waals surface area contributed by atoms with Crippen molar-refractivity contribution in [3.05, 3.63) is 68.9 Å². The van der Waals surface area contributed by atoms with Crippen molar-refractivity contribution in [3.63, 3.8) is 0 Å². The molecule has 3 aromatic rings. The smallest absolute Gasteiger partial charge is 0.310 e. The number of anilines is 1. The first kappa shape index (κ1) is 31.2. The molecule has 0 aliphatic heterocycles. The topological polar surface area (TPSA) is 94.6 Å². The lowest BCUT2D eigenvalue weighted by Gasteiger charge is -2.20. The molecule has 0 aliphatic carbocycles. The van der Waals surface area contributed by atoms with Crippen LogP contribution < -0.4 is 5.32 Å². The number of benzene rings is 2. The molecule has 0 atom stereocenters. The summed E-state index contributed by atoms with van der Waals surface area (Å²) in [6.45, 7) is 12.6. The molecule has 0 saturated heterocycles. The van der Waals surface area contributed by atoms with Crippen molar-refractivity contribution in [2.45, 2.75) is 78.9 Å². The van der Waals surface area contributed by atoms with Crippen LogP contribution in [0.4, 0.5) is 10.1 Å². The monoisotopic (exact) mass is 588 g/mol. The highest BCUT2D eigenvalue weighted by atomic mass is 35.5. The van der Waals surface area contributed by atoms with Gasteiger partial charge in [-0.1, -0.05) is 23.7 Å². The van der Waals surface area contributed by atoms with Crippen LogP contribution in [0.25, 0.3) is 10.6 Å². The number of hydrogen-bond donors (Lipinski definition) is 1. The third kappa shape index (κ3) is 9.41. The van der Waals surface area contributed by atoms with Crippen LogP contribution >= 0.6 is 22.9 Å². The maximum Gasteiger partial charge on any atom is 0.310 e. The molecule has 7 nitrogen and oxygen atoms in total. The first-order chi connectivity index (χ1) is 18.5. The molecular formula is C30H34ClFN2O5S. The van der Waals surface area contributed by atoms with Crippen LogP contribution in [-0.4, -0.2) is 34.0 Å². The van der Waals surface area contributed by atoms with Crippen molar-refractivity contribution in [2.24, 2.45) is 0 Å². The number of halogens is 2. The number of thiazole rings is 1. The molecule has 0 saturated carbocycles. The molecule has 0 radical (unpaired) electrons. The summed E-state index contributed by atoms with van der Waals surface area (Å²) in [5, 5.41) is 3.16. The Morgan fingerprint density at radius 2 is 1.62 bits per heavy atom. The van der Waals surface area contributed by atoms with Gasteiger partial charge in [0.1, 0.15) is 26.4 Å². The number of rotatable bonds is 8. The van der Waals surface area contributed by atoms with Gasteiger partial charge in [-0.3, -0.25) is 14.4 Å².